The lowest BCUT2D eigenvalue weighted by Crippen LogP contribution is -2.48. The Hall–Kier alpha value is -2.54. The van der Waals surface area contributed by atoms with E-state index in [1.165, 1.54) is 12.1 Å². The van der Waals surface area contributed by atoms with Crippen molar-refractivity contribution in [3.05, 3.63) is 59.7 Å². The number of halogens is 3. The van der Waals surface area contributed by atoms with E-state index in [-0.39, 0.29) is 12.5 Å². The Balaban J connectivity index is 1.55. The van der Waals surface area contributed by atoms with E-state index >= 15 is 0 Å². The number of amides is 1. The number of para-hydroxylation sites is 1. The number of carbonyl (C=O) groups is 1. The first-order chi connectivity index (χ1) is 14.3. The fourth-order valence-corrected chi connectivity index (χ4v) is 3.70. The molecule has 1 heterocycles. The Morgan fingerprint density at radius 2 is 1.77 bits per heavy atom. The van der Waals surface area contributed by atoms with Crippen molar-refractivity contribution in [3.8, 4) is 0 Å². The summed E-state index contributed by atoms with van der Waals surface area (Å²) in [6.07, 6.45) is -3.36. The third-order valence-electron chi connectivity index (χ3n) is 5.66. The molecule has 1 atom stereocenters. The summed E-state index contributed by atoms with van der Waals surface area (Å²) in [4.78, 5) is 16.5. The molecule has 2 aromatic carbocycles. The van der Waals surface area contributed by atoms with Gasteiger partial charge in [-0.25, -0.2) is 0 Å². The van der Waals surface area contributed by atoms with Gasteiger partial charge in [-0.15, -0.1) is 0 Å². The number of nitrogens with zero attached hydrogens (tertiary/aromatic N) is 2. The smallest absolute Gasteiger partial charge is 0.369 e. The molecule has 1 N–H and O–H groups in total. The monoisotopic (exact) mass is 419 g/mol. The zero-order valence-corrected chi connectivity index (χ0v) is 17.4. The SMILES string of the molecule is CC[C@H](C)c1ccccc1NC(=O)CN1CCN(c2cccc(C(F)(F)F)c2)CC1. The zero-order chi connectivity index (χ0) is 21.7. The van der Waals surface area contributed by atoms with Gasteiger partial charge >= 0.3 is 6.18 Å². The highest BCUT2D eigenvalue weighted by molar-refractivity contribution is 5.93. The van der Waals surface area contributed by atoms with Gasteiger partial charge in [0.25, 0.3) is 0 Å². The van der Waals surface area contributed by atoms with Crippen molar-refractivity contribution in [3.63, 3.8) is 0 Å². The van der Waals surface area contributed by atoms with Crippen molar-refractivity contribution in [1.29, 1.82) is 0 Å². The average molecular weight is 419 g/mol. The third-order valence-corrected chi connectivity index (χ3v) is 5.66. The number of rotatable bonds is 6. The maximum atomic E-state index is 12.9. The third kappa shape index (κ3) is 5.53. The first kappa shape index (κ1) is 22.2. The summed E-state index contributed by atoms with van der Waals surface area (Å²) >= 11 is 0. The summed E-state index contributed by atoms with van der Waals surface area (Å²) in [5, 5.41) is 3.02. The topological polar surface area (TPSA) is 35.6 Å². The number of anilines is 2. The molecular formula is C23H28F3N3O. The molecule has 30 heavy (non-hydrogen) atoms. The zero-order valence-electron chi connectivity index (χ0n) is 17.4. The molecule has 4 nitrogen and oxygen atoms in total. The van der Waals surface area contributed by atoms with Crippen molar-refractivity contribution < 1.29 is 18.0 Å². The molecule has 2 aromatic rings. The number of piperazine rings is 1. The first-order valence-corrected chi connectivity index (χ1v) is 10.3. The number of hydrogen-bond acceptors (Lipinski definition) is 3. The van der Waals surface area contributed by atoms with E-state index in [1.807, 2.05) is 34.1 Å². The van der Waals surface area contributed by atoms with Gasteiger partial charge in [-0.2, -0.15) is 13.2 Å². The van der Waals surface area contributed by atoms with Crippen molar-refractivity contribution >= 4 is 17.3 Å². The van der Waals surface area contributed by atoms with Crippen molar-refractivity contribution in [2.75, 3.05) is 42.9 Å². The quantitative estimate of drug-likeness (QED) is 0.717. The second kappa shape index (κ2) is 9.51. The fraction of sp³-hybridized carbons (Fsp3) is 0.435. The highest BCUT2D eigenvalue weighted by atomic mass is 19.4. The van der Waals surface area contributed by atoms with Crippen molar-refractivity contribution in [1.82, 2.24) is 4.90 Å². The molecule has 0 unspecified atom stereocenters. The van der Waals surface area contributed by atoms with Crippen LogP contribution in [-0.2, 0) is 11.0 Å². The lowest BCUT2D eigenvalue weighted by molar-refractivity contribution is -0.137. The number of nitrogens with one attached hydrogen (secondary N) is 1. The molecule has 0 saturated carbocycles. The van der Waals surface area contributed by atoms with Crippen molar-refractivity contribution in [2.24, 2.45) is 0 Å². The van der Waals surface area contributed by atoms with Crippen LogP contribution in [0.15, 0.2) is 48.5 Å². The molecule has 1 saturated heterocycles. The molecule has 3 rings (SSSR count). The van der Waals surface area contributed by atoms with Gasteiger partial charge < -0.3 is 10.2 Å². The Bertz CT molecular complexity index is 861. The van der Waals surface area contributed by atoms with Gasteiger partial charge in [0, 0.05) is 37.6 Å². The lowest BCUT2D eigenvalue weighted by Gasteiger charge is -2.36. The molecule has 0 bridgehead atoms. The number of hydrogen-bond donors (Lipinski definition) is 1. The fourth-order valence-electron chi connectivity index (χ4n) is 3.70. The predicted octanol–water partition coefficient (Wildman–Crippen LogP) is 4.98. The van der Waals surface area contributed by atoms with E-state index in [0.29, 0.717) is 37.8 Å². The van der Waals surface area contributed by atoms with E-state index in [1.54, 1.807) is 6.07 Å². The lowest BCUT2D eigenvalue weighted by atomic mass is 9.97. The second-order valence-corrected chi connectivity index (χ2v) is 7.76. The normalized spacial score (nSPS) is 16.4. The van der Waals surface area contributed by atoms with Gasteiger partial charge in [-0.05, 0) is 42.2 Å². The van der Waals surface area contributed by atoms with Crippen LogP contribution in [0.3, 0.4) is 0 Å². The van der Waals surface area contributed by atoms with Crippen LogP contribution in [-0.4, -0.2) is 43.5 Å². The standard InChI is InChI=1S/C23H28F3N3O/c1-3-17(2)20-9-4-5-10-21(20)27-22(30)16-28-11-13-29(14-12-28)19-8-6-7-18(15-19)23(24,25)26/h4-10,15,17H,3,11-14,16H2,1-2H3,(H,27,30)/t17-/m0/s1. The van der Waals surface area contributed by atoms with Gasteiger partial charge in [0.05, 0.1) is 12.1 Å². The predicted molar refractivity (Wildman–Crippen MR) is 114 cm³/mol. The maximum Gasteiger partial charge on any atom is 0.416 e. The van der Waals surface area contributed by atoms with E-state index in [4.69, 9.17) is 0 Å². The molecule has 0 radical (unpaired) electrons. The van der Waals surface area contributed by atoms with E-state index in [0.717, 1.165) is 23.7 Å². The van der Waals surface area contributed by atoms with E-state index in [2.05, 4.69) is 19.2 Å². The minimum absolute atomic E-state index is 0.0710. The second-order valence-electron chi connectivity index (χ2n) is 7.76. The largest absolute Gasteiger partial charge is 0.416 e. The summed E-state index contributed by atoms with van der Waals surface area (Å²) in [7, 11) is 0. The minimum atomic E-state index is -4.35. The molecule has 1 aliphatic heterocycles. The number of alkyl halides is 3. The molecule has 1 aliphatic rings. The van der Waals surface area contributed by atoms with Gasteiger partial charge in [-0.1, -0.05) is 38.1 Å². The van der Waals surface area contributed by atoms with Gasteiger partial charge in [-0.3, -0.25) is 9.69 Å². The minimum Gasteiger partial charge on any atom is -0.369 e. The summed E-state index contributed by atoms with van der Waals surface area (Å²) in [5.74, 6) is 0.288. The van der Waals surface area contributed by atoms with Crippen LogP contribution in [0.2, 0.25) is 0 Å². The summed E-state index contributed by atoms with van der Waals surface area (Å²) in [5.41, 5.74) is 1.90. The van der Waals surface area contributed by atoms with Crippen LogP contribution in [0, 0.1) is 0 Å². The molecule has 1 fully saturated rings. The van der Waals surface area contributed by atoms with Crippen LogP contribution in [0.4, 0.5) is 24.5 Å². The summed E-state index contributed by atoms with van der Waals surface area (Å²) in [6, 6.07) is 13.3. The molecule has 1 amide bonds. The summed E-state index contributed by atoms with van der Waals surface area (Å²) < 4.78 is 38.8. The molecule has 162 valence electrons. The number of benzene rings is 2. The average Bonchev–Trinajstić information content (AvgIpc) is 2.73. The van der Waals surface area contributed by atoms with Crippen LogP contribution < -0.4 is 10.2 Å². The molecule has 0 aliphatic carbocycles. The van der Waals surface area contributed by atoms with Crippen LogP contribution in [0.1, 0.15) is 37.3 Å². The van der Waals surface area contributed by atoms with Gasteiger partial charge in [0.1, 0.15) is 0 Å². The van der Waals surface area contributed by atoms with E-state index in [9.17, 15) is 18.0 Å². The maximum absolute atomic E-state index is 12.9. The Morgan fingerprint density at radius 1 is 1.07 bits per heavy atom. The van der Waals surface area contributed by atoms with E-state index < -0.39 is 11.7 Å². The number of carbonyl (C=O) groups excluding carboxylic acids is 1. The van der Waals surface area contributed by atoms with Crippen molar-refractivity contribution in [2.45, 2.75) is 32.4 Å². The molecule has 0 spiro atoms. The molecule has 7 heteroatoms. The highest BCUT2D eigenvalue weighted by Crippen LogP contribution is 2.32. The summed E-state index contributed by atoms with van der Waals surface area (Å²) in [6.45, 7) is 6.93. The first-order valence-electron chi connectivity index (χ1n) is 10.3. The van der Waals surface area contributed by atoms with Crippen LogP contribution >= 0.6 is 0 Å². The van der Waals surface area contributed by atoms with Crippen LogP contribution in [0.25, 0.3) is 0 Å². The van der Waals surface area contributed by atoms with Gasteiger partial charge in [0.2, 0.25) is 5.91 Å². The Kier molecular flexibility index (Phi) is 7.02. The van der Waals surface area contributed by atoms with Crippen LogP contribution in [0.5, 0.6) is 0 Å². The molecular weight excluding hydrogens is 391 g/mol. The Labute approximate surface area is 175 Å². The van der Waals surface area contributed by atoms with Gasteiger partial charge in [0.15, 0.2) is 0 Å². The highest BCUT2D eigenvalue weighted by Gasteiger charge is 2.31. The molecule has 0 aromatic heterocycles. The Morgan fingerprint density at radius 3 is 2.43 bits per heavy atom.